The third kappa shape index (κ3) is 5.72. The second-order valence-electron chi connectivity index (χ2n) is 9.38. The number of oxazole rings is 1. The first-order valence-corrected chi connectivity index (χ1v) is 12.2. The molecule has 1 atom stereocenters. The van der Waals surface area contributed by atoms with E-state index in [1.807, 2.05) is 30.3 Å². The SMILES string of the molecule is CN(CCc1cnc(C(O)(c2ccccc2)C2CCCCC2)o1)Cc1ccc(CCO)cc1. The summed E-state index contributed by atoms with van der Waals surface area (Å²) in [5, 5.41) is 21.0. The summed E-state index contributed by atoms with van der Waals surface area (Å²) >= 11 is 0. The molecular weight excluding hydrogens is 412 g/mol. The van der Waals surface area contributed by atoms with Gasteiger partial charge in [0, 0.05) is 32.0 Å². The van der Waals surface area contributed by atoms with E-state index in [1.54, 1.807) is 6.20 Å². The van der Waals surface area contributed by atoms with Gasteiger partial charge in [-0.15, -0.1) is 0 Å². The molecule has 3 aromatic rings. The highest BCUT2D eigenvalue weighted by atomic mass is 16.4. The molecule has 176 valence electrons. The average molecular weight is 449 g/mol. The zero-order chi connectivity index (χ0) is 23.1. The van der Waals surface area contributed by atoms with Gasteiger partial charge in [-0.2, -0.15) is 0 Å². The normalized spacial score (nSPS) is 16.7. The quantitative estimate of drug-likeness (QED) is 0.470. The standard InChI is InChI=1S/C28H36N2O3/c1-30(21-23-14-12-22(13-15-23)17-19-31)18-16-26-20-29-27(33-26)28(32,24-8-4-2-5-9-24)25-10-6-3-7-11-25/h2,4-5,8-9,12-15,20,25,31-32H,3,6-7,10-11,16-19,21H2,1H3. The molecule has 0 saturated heterocycles. The lowest BCUT2D eigenvalue weighted by Gasteiger charge is -2.36. The highest BCUT2D eigenvalue weighted by Gasteiger charge is 2.44. The van der Waals surface area contributed by atoms with Crippen LogP contribution in [-0.4, -0.2) is 40.3 Å². The molecule has 0 aliphatic heterocycles. The van der Waals surface area contributed by atoms with Crippen molar-refractivity contribution in [3.05, 3.63) is 89.1 Å². The minimum atomic E-state index is -1.18. The Morgan fingerprint density at radius 3 is 2.36 bits per heavy atom. The molecule has 0 amide bonds. The van der Waals surface area contributed by atoms with Crippen LogP contribution in [0.2, 0.25) is 0 Å². The summed E-state index contributed by atoms with van der Waals surface area (Å²) in [6.07, 6.45) is 8.70. The third-order valence-electron chi connectivity index (χ3n) is 6.91. The van der Waals surface area contributed by atoms with Crippen LogP contribution in [0.3, 0.4) is 0 Å². The number of aromatic nitrogens is 1. The molecule has 1 heterocycles. The van der Waals surface area contributed by atoms with Crippen LogP contribution < -0.4 is 0 Å². The van der Waals surface area contributed by atoms with Gasteiger partial charge in [0.1, 0.15) is 5.76 Å². The Morgan fingerprint density at radius 1 is 0.970 bits per heavy atom. The molecule has 1 aliphatic rings. The molecule has 0 radical (unpaired) electrons. The summed E-state index contributed by atoms with van der Waals surface area (Å²) in [4.78, 5) is 6.83. The Bertz CT molecular complexity index is 980. The molecule has 1 fully saturated rings. The van der Waals surface area contributed by atoms with Gasteiger partial charge in [-0.25, -0.2) is 4.98 Å². The van der Waals surface area contributed by atoms with Crippen LogP contribution in [-0.2, 0) is 25.0 Å². The summed E-state index contributed by atoms with van der Waals surface area (Å²) in [5.41, 5.74) is 2.09. The Balaban J connectivity index is 1.42. The van der Waals surface area contributed by atoms with Gasteiger partial charge in [0.2, 0.25) is 5.89 Å². The van der Waals surface area contributed by atoms with E-state index in [1.165, 1.54) is 12.0 Å². The van der Waals surface area contributed by atoms with Crippen LogP contribution in [0, 0.1) is 5.92 Å². The molecule has 1 aromatic heterocycles. The fourth-order valence-electron chi connectivity index (χ4n) is 4.98. The minimum absolute atomic E-state index is 0.122. The van der Waals surface area contributed by atoms with E-state index in [4.69, 9.17) is 9.52 Å². The summed E-state index contributed by atoms with van der Waals surface area (Å²) in [7, 11) is 2.10. The van der Waals surface area contributed by atoms with Crippen molar-refractivity contribution in [3.63, 3.8) is 0 Å². The zero-order valence-corrected chi connectivity index (χ0v) is 19.6. The van der Waals surface area contributed by atoms with Crippen LogP contribution in [0.25, 0.3) is 0 Å². The topological polar surface area (TPSA) is 69.7 Å². The molecule has 0 spiro atoms. The molecule has 5 nitrogen and oxygen atoms in total. The van der Waals surface area contributed by atoms with Gasteiger partial charge in [0.25, 0.3) is 0 Å². The van der Waals surface area contributed by atoms with Gasteiger partial charge in [-0.05, 0) is 43.0 Å². The maximum Gasteiger partial charge on any atom is 0.231 e. The van der Waals surface area contributed by atoms with Crippen LogP contribution in [0.5, 0.6) is 0 Å². The Morgan fingerprint density at radius 2 is 1.67 bits per heavy atom. The number of benzene rings is 2. The van der Waals surface area contributed by atoms with Gasteiger partial charge >= 0.3 is 0 Å². The summed E-state index contributed by atoms with van der Waals surface area (Å²) in [6.45, 7) is 1.86. The zero-order valence-electron chi connectivity index (χ0n) is 19.6. The van der Waals surface area contributed by atoms with Gasteiger partial charge in [0.15, 0.2) is 5.60 Å². The summed E-state index contributed by atoms with van der Waals surface area (Å²) in [6, 6.07) is 18.3. The Kier molecular flexibility index (Phi) is 7.97. The lowest BCUT2D eigenvalue weighted by Crippen LogP contribution is -2.38. The molecule has 1 saturated carbocycles. The number of likely N-dealkylation sites (N-methyl/N-ethyl adjacent to an activating group) is 1. The van der Waals surface area contributed by atoms with Crippen LogP contribution >= 0.6 is 0 Å². The van der Waals surface area contributed by atoms with E-state index in [0.29, 0.717) is 12.3 Å². The van der Waals surface area contributed by atoms with Crippen molar-refractivity contribution >= 4 is 0 Å². The first-order chi connectivity index (χ1) is 16.1. The Labute approximate surface area is 197 Å². The van der Waals surface area contributed by atoms with Crippen molar-refractivity contribution < 1.29 is 14.6 Å². The molecule has 0 bridgehead atoms. The molecule has 33 heavy (non-hydrogen) atoms. The largest absolute Gasteiger partial charge is 0.442 e. The van der Waals surface area contributed by atoms with Gasteiger partial charge in [0.05, 0.1) is 6.20 Å². The number of aliphatic hydroxyl groups is 2. The molecule has 1 aliphatic carbocycles. The van der Waals surface area contributed by atoms with E-state index < -0.39 is 5.60 Å². The molecule has 2 aromatic carbocycles. The van der Waals surface area contributed by atoms with Gasteiger partial charge in [-0.3, -0.25) is 0 Å². The lowest BCUT2D eigenvalue weighted by atomic mass is 9.73. The van der Waals surface area contributed by atoms with E-state index in [2.05, 4.69) is 41.2 Å². The highest BCUT2D eigenvalue weighted by molar-refractivity contribution is 5.30. The predicted molar refractivity (Wildman–Crippen MR) is 130 cm³/mol. The summed E-state index contributed by atoms with van der Waals surface area (Å²) < 4.78 is 6.19. The average Bonchev–Trinajstić information content (AvgIpc) is 3.34. The summed E-state index contributed by atoms with van der Waals surface area (Å²) in [5.74, 6) is 1.36. The molecule has 4 rings (SSSR count). The minimum Gasteiger partial charge on any atom is -0.442 e. The molecule has 5 heteroatoms. The van der Waals surface area contributed by atoms with Crippen molar-refractivity contribution in [3.8, 4) is 0 Å². The van der Waals surface area contributed by atoms with Crippen LogP contribution in [0.1, 0.15) is 60.4 Å². The first-order valence-electron chi connectivity index (χ1n) is 12.2. The van der Waals surface area contributed by atoms with E-state index >= 15 is 0 Å². The second-order valence-corrected chi connectivity index (χ2v) is 9.38. The van der Waals surface area contributed by atoms with Crippen molar-refractivity contribution in [2.24, 2.45) is 5.92 Å². The van der Waals surface area contributed by atoms with E-state index in [0.717, 1.165) is 62.1 Å². The number of hydrogen-bond donors (Lipinski definition) is 2. The van der Waals surface area contributed by atoms with Crippen molar-refractivity contribution in [1.29, 1.82) is 0 Å². The van der Waals surface area contributed by atoms with Crippen LogP contribution in [0.4, 0.5) is 0 Å². The predicted octanol–water partition coefficient (Wildman–Crippen LogP) is 4.70. The van der Waals surface area contributed by atoms with Crippen molar-refractivity contribution in [2.45, 2.75) is 57.1 Å². The van der Waals surface area contributed by atoms with Crippen LogP contribution in [0.15, 0.2) is 65.2 Å². The number of nitrogens with zero attached hydrogens (tertiary/aromatic N) is 2. The first kappa shape index (κ1) is 23.7. The molecule has 1 unspecified atom stereocenters. The highest BCUT2D eigenvalue weighted by Crippen LogP contribution is 2.43. The number of rotatable bonds is 10. The second kappa shape index (κ2) is 11.1. The smallest absolute Gasteiger partial charge is 0.231 e. The van der Waals surface area contributed by atoms with Crippen molar-refractivity contribution in [2.75, 3.05) is 20.2 Å². The fraction of sp³-hybridized carbons (Fsp3) is 0.464. The lowest BCUT2D eigenvalue weighted by molar-refractivity contribution is -0.0239. The number of aliphatic hydroxyl groups excluding tert-OH is 1. The van der Waals surface area contributed by atoms with Gasteiger partial charge < -0.3 is 19.5 Å². The number of hydrogen-bond acceptors (Lipinski definition) is 5. The monoisotopic (exact) mass is 448 g/mol. The van der Waals surface area contributed by atoms with Crippen molar-refractivity contribution in [1.82, 2.24) is 9.88 Å². The van der Waals surface area contributed by atoms with Gasteiger partial charge in [-0.1, -0.05) is 73.9 Å². The maximum atomic E-state index is 11.9. The maximum absolute atomic E-state index is 11.9. The molecular formula is C28H36N2O3. The van der Waals surface area contributed by atoms with E-state index in [9.17, 15) is 5.11 Å². The Hall–Kier alpha value is -2.47. The fourth-order valence-corrected chi connectivity index (χ4v) is 4.98. The molecule has 2 N–H and O–H groups in total. The van der Waals surface area contributed by atoms with E-state index in [-0.39, 0.29) is 12.5 Å². The third-order valence-corrected chi connectivity index (χ3v) is 6.91.